The van der Waals surface area contributed by atoms with E-state index >= 15 is 0 Å². The van der Waals surface area contributed by atoms with Crippen LogP contribution in [0.2, 0.25) is 5.02 Å². The minimum atomic E-state index is -0.658. The molecule has 168 valence electrons. The Morgan fingerprint density at radius 3 is 2.34 bits per heavy atom. The number of rotatable bonds is 6. The molecule has 2 fully saturated rings. The lowest BCUT2D eigenvalue weighted by Gasteiger charge is -2.29. The molecule has 2 saturated heterocycles. The smallest absolute Gasteiger partial charge is 0.295 e. The minimum Gasteiger partial charge on any atom is -0.507 e. The van der Waals surface area contributed by atoms with E-state index < -0.39 is 17.7 Å². The highest BCUT2D eigenvalue weighted by Crippen LogP contribution is 2.39. The number of Topliss-reactive ketones (excluding diaryl/α,β-unsaturated/α-hetero) is 1. The fourth-order valence-corrected chi connectivity index (χ4v) is 4.38. The van der Waals surface area contributed by atoms with Gasteiger partial charge >= 0.3 is 0 Å². The van der Waals surface area contributed by atoms with Gasteiger partial charge in [0.2, 0.25) is 0 Å². The van der Waals surface area contributed by atoms with Crippen molar-refractivity contribution in [3.8, 4) is 0 Å². The molecule has 0 aromatic heterocycles. The Kier molecular flexibility index (Phi) is 6.94. The number of nitrogens with zero attached hydrogens (tertiary/aromatic N) is 2. The van der Waals surface area contributed by atoms with Crippen molar-refractivity contribution >= 4 is 29.1 Å². The molecule has 1 N–H and O–H groups in total. The molecule has 0 radical (unpaired) electrons. The van der Waals surface area contributed by atoms with Crippen LogP contribution in [0.1, 0.15) is 29.2 Å². The highest BCUT2D eigenvalue weighted by Gasteiger charge is 2.45. The van der Waals surface area contributed by atoms with Crippen molar-refractivity contribution in [2.24, 2.45) is 0 Å². The molecule has 6 nitrogen and oxygen atoms in total. The largest absolute Gasteiger partial charge is 0.507 e. The lowest BCUT2D eigenvalue weighted by molar-refractivity contribution is -0.140. The van der Waals surface area contributed by atoms with Crippen LogP contribution in [0.15, 0.2) is 54.1 Å². The van der Waals surface area contributed by atoms with Crippen molar-refractivity contribution < 1.29 is 19.4 Å². The second kappa shape index (κ2) is 9.86. The van der Waals surface area contributed by atoms with Crippen molar-refractivity contribution in [3.05, 3.63) is 75.8 Å². The molecule has 2 heterocycles. The summed E-state index contributed by atoms with van der Waals surface area (Å²) in [6.07, 6.45) is 0.733. The summed E-state index contributed by atoms with van der Waals surface area (Å²) in [6.45, 7) is 6.41. The van der Waals surface area contributed by atoms with E-state index in [1.54, 1.807) is 29.2 Å². The van der Waals surface area contributed by atoms with Gasteiger partial charge in [0.15, 0.2) is 0 Å². The molecule has 7 heteroatoms. The van der Waals surface area contributed by atoms with Gasteiger partial charge in [0.05, 0.1) is 24.8 Å². The Morgan fingerprint density at radius 1 is 1.03 bits per heavy atom. The number of amides is 1. The molecule has 32 heavy (non-hydrogen) atoms. The maximum atomic E-state index is 13.1. The molecule has 0 saturated carbocycles. The summed E-state index contributed by atoms with van der Waals surface area (Å²) in [5.41, 5.74) is 2.46. The van der Waals surface area contributed by atoms with Crippen LogP contribution in [0.4, 0.5) is 0 Å². The number of benzene rings is 2. The first kappa shape index (κ1) is 22.5. The van der Waals surface area contributed by atoms with Gasteiger partial charge in [-0.05, 0) is 43.2 Å². The number of halogens is 1. The van der Waals surface area contributed by atoms with Crippen molar-refractivity contribution in [1.29, 1.82) is 0 Å². The summed E-state index contributed by atoms with van der Waals surface area (Å²) in [5.74, 6) is -1.41. The molecule has 0 aliphatic carbocycles. The second-order valence-corrected chi connectivity index (χ2v) is 8.65. The third-order valence-electron chi connectivity index (χ3n) is 6.03. The summed E-state index contributed by atoms with van der Waals surface area (Å²) < 4.78 is 5.39. The predicted molar refractivity (Wildman–Crippen MR) is 124 cm³/mol. The standard InChI is InChI=1S/C25H27ClN2O4/c1-17-3-5-18(6-4-17)22-21(23(29)19-7-9-20(26)10-8-19)24(30)25(31)28(22)12-2-11-27-13-15-32-16-14-27/h3-10,22,29H,2,11-16H2,1H3/b23-21-. The van der Waals surface area contributed by atoms with Crippen molar-refractivity contribution in [2.75, 3.05) is 39.4 Å². The lowest BCUT2D eigenvalue weighted by Crippen LogP contribution is -2.38. The molecule has 0 bridgehead atoms. The first-order valence-electron chi connectivity index (χ1n) is 10.9. The van der Waals surface area contributed by atoms with Crippen LogP contribution in [0.5, 0.6) is 0 Å². The van der Waals surface area contributed by atoms with Crippen molar-refractivity contribution in [3.63, 3.8) is 0 Å². The van der Waals surface area contributed by atoms with Crippen LogP contribution < -0.4 is 0 Å². The van der Waals surface area contributed by atoms with E-state index in [-0.39, 0.29) is 11.3 Å². The third kappa shape index (κ3) is 4.72. The first-order chi connectivity index (χ1) is 15.5. The number of aliphatic hydroxyl groups is 1. The van der Waals surface area contributed by atoms with E-state index in [9.17, 15) is 14.7 Å². The zero-order valence-corrected chi connectivity index (χ0v) is 18.8. The molecule has 1 atom stereocenters. The minimum absolute atomic E-state index is 0.118. The normalized spacial score (nSPS) is 21.3. The Bertz CT molecular complexity index is 1010. The van der Waals surface area contributed by atoms with Gasteiger partial charge in [0.25, 0.3) is 11.7 Å². The zero-order chi connectivity index (χ0) is 22.7. The predicted octanol–water partition coefficient (Wildman–Crippen LogP) is 3.79. The fraction of sp³-hybridized carbons (Fsp3) is 0.360. The van der Waals surface area contributed by atoms with Crippen molar-refractivity contribution in [2.45, 2.75) is 19.4 Å². The highest BCUT2D eigenvalue weighted by molar-refractivity contribution is 6.46. The Hall–Kier alpha value is -2.67. The van der Waals surface area contributed by atoms with E-state index in [1.807, 2.05) is 31.2 Å². The number of hydrogen-bond acceptors (Lipinski definition) is 5. The van der Waals surface area contributed by atoms with Crippen LogP contribution in [0, 0.1) is 6.92 Å². The van der Waals surface area contributed by atoms with Gasteiger partial charge in [0.1, 0.15) is 5.76 Å². The molecule has 2 aromatic rings. The van der Waals surface area contributed by atoms with E-state index in [4.69, 9.17) is 16.3 Å². The summed E-state index contributed by atoms with van der Waals surface area (Å²) in [7, 11) is 0. The van der Waals surface area contributed by atoms with Crippen LogP contribution in [0.25, 0.3) is 5.76 Å². The van der Waals surface area contributed by atoms with Crippen LogP contribution in [-0.2, 0) is 14.3 Å². The molecule has 0 spiro atoms. The van der Waals surface area contributed by atoms with E-state index in [0.717, 1.165) is 50.4 Å². The van der Waals surface area contributed by atoms with Gasteiger partial charge in [-0.25, -0.2) is 0 Å². The van der Waals surface area contributed by atoms with Gasteiger partial charge in [-0.3, -0.25) is 14.5 Å². The molecule has 2 aromatic carbocycles. The Morgan fingerprint density at radius 2 is 1.69 bits per heavy atom. The SMILES string of the molecule is Cc1ccc(C2/C(=C(/O)c3ccc(Cl)cc3)C(=O)C(=O)N2CCCN2CCOCC2)cc1. The molecular weight excluding hydrogens is 428 g/mol. The Labute approximate surface area is 193 Å². The van der Waals surface area contributed by atoms with Gasteiger partial charge in [0, 0.05) is 36.8 Å². The number of carbonyl (C=O) groups is 2. The number of ketones is 1. The molecule has 1 amide bonds. The Balaban J connectivity index is 1.66. The first-order valence-corrected chi connectivity index (χ1v) is 11.2. The zero-order valence-electron chi connectivity index (χ0n) is 18.1. The molecule has 2 aliphatic rings. The van der Waals surface area contributed by atoms with Crippen LogP contribution in [0.3, 0.4) is 0 Å². The molecule has 1 unspecified atom stereocenters. The van der Waals surface area contributed by atoms with E-state index in [0.29, 0.717) is 17.1 Å². The average Bonchev–Trinajstić information content (AvgIpc) is 3.05. The third-order valence-corrected chi connectivity index (χ3v) is 6.28. The molecular formula is C25H27ClN2O4. The van der Waals surface area contributed by atoms with Gasteiger partial charge in [-0.1, -0.05) is 41.4 Å². The van der Waals surface area contributed by atoms with Gasteiger partial charge in [-0.2, -0.15) is 0 Å². The summed E-state index contributed by atoms with van der Waals surface area (Å²) in [4.78, 5) is 30.0. The van der Waals surface area contributed by atoms with Crippen LogP contribution >= 0.6 is 11.6 Å². The quantitative estimate of drug-likeness (QED) is 0.408. The maximum Gasteiger partial charge on any atom is 0.295 e. The second-order valence-electron chi connectivity index (χ2n) is 8.22. The fourth-order valence-electron chi connectivity index (χ4n) is 4.26. The van der Waals surface area contributed by atoms with E-state index in [2.05, 4.69) is 4.90 Å². The number of likely N-dealkylation sites (tertiary alicyclic amines) is 1. The molecule has 4 rings (SSSR count). The number of ether oxygens (including phenoxy) is 1. The lowest BCUT2D eigenvalue weighted by atomic mass is 9.94. The number of aliphatic hydroxyl groups excluding tert-OH is 1. The van der Waals surface area contributed by atoms with Gasteiger partial charge in [-0.15, -0.1) is 0 Å². The summed E-state index contributed by atoms with van der Waals surface area (Å²) >= 11 is 5.97. The number of morpholine rings is 1. The van der Waals surface area contributed by atoms with Crippen LogP contribution in [-0.4, -0.2) is 66.0 Å². The summed E-state index contributed by atoms with van der Waals surface area (Å²) in [6, 6.07) is 13.7. The topological polar surface area (TPSA) is 70.1 Å². The van der Waals surface area contributed by atoms with Gasteiger partial charge < -0.3 is 14.7 Å². The van der Waals surface area contributed by atoms with Crippen molar-refractivity contribution in [1.82, 2.24) is 9.80 Å². The average molecular weight is 455 g/mol. The monoisotopic (exact) mass is 454 g/mol. The summed E-state index contributed by atoms with van der Waals surface area (Å²) in [5, 5.41) is 11.6. The highest BCUT2D eigenvalue weighted by atomic mass is 35.5. The molecule has 2 aliphatic heterocycles. The van der Waals surface area contributed by atoms with E-state index in [1.165, 1.54) is 0 Å². The number of carbonyl (C=O) groups excluding carboxylic acids is 2. The number of hydrogen-bond donors (Lipinski definition) is 1. The number of aryl methyl sites for hydroxylation is 1. The maximum absolute atomic E-state index is 13.1.